The second-order valence-corrected chi connectivity index (χ2v) is 8.38. The maximum atomic E-state index is 4.64. The number of nitrogens with zero attached hydrogens (tertiary/aromatic N) is 3. The van der Waals surface area contributed by atoms with Crippen molar-refractivity contribution < 1.29 is 0 Å². The summed E-state index contributed by atoms with van der Waals surface area (Å²) in [5, 5.41) is 4.44. The van der Waals surface area contributed by atoms with Gasteiger partial charge in [-0.15, -0.1) is 37.2 Å². The summed E-state index contributed by atoms with van der Waals surface area (Å²) in [6.45, 7) is 5.87. The molecule has 2 heterocycles. The molecule has 0 aliphatic heterocycles. The molecule has 28 heavy (non-hydrogen) atoms. The lowest BCUT2D eigenvalue weighted by Gasteiger charge is -2.07. The van der Waals surface area contributed by atoms with Crippen LogP contribution < -0.4 is 5.32 Å². The smallest absolute Gasteiger partial charge is 0.156 e. The van der Waals surface area contributed by atoms with E-state index < -0.39 is 0 Å². The lowest BCUT2D eigenvalue weighted by molar-refractivity contribution is 0.974. The summed E-state index contributed by atoms with van der Waals surface area (Å²) in [7, 11) is 0. The third-order valence-corrected chi connectivity index (χ3v) is 6.13. The van der Waals surface area contributed by atoms with E-state index in [0.29, 0.717) is 0 Å². The van der Waals surface area contributed by atoms with E-state index in [2.05, 4.69) is 50.3 Å². The van der Waals surface area contributed by atoms with Crippen LogP contribution in [0, 0.1) is 13.8 Å². The van der Waals surface area contributed by atoms with Gasteiger partial charge in [0.05, 0.1) is 30.6 Å². The van der Waals surface area contributed by atoms with Crippen molar-refractivity contribution in [3.63, 3.8) is 0 Å². The molecule has 162 valence electrons. The van der Waals surface area contributed by atoms with E-state index in [4.69, 9.17) is 0 Å². The molecule has 3 N–H and O–H groups in total. The standard InChI is InChI=1S/C16H26N6S3.3ClH/c1-12-14(21-10-19-12)8-24-6-4-17-16(23-3)18-5-7-25-9-15-13(2)20-11-22-15;;;/h10-11H,4-9H2,1-3H3,(H,17,18)(H,19,21)(H,20,22);3*1H. The quantitative estimate of drug-likeness (QED) is 0.250. The fraction of sp³-hybridized carbons (Fsp3) is 0.562. The number of aromatic nitrogens is 4. The average Bonchev–Trinajstić information content (AvgIpc) is 3.21. The topological polar surface area (TPSA) is 81.8 Å². The minimum atomic E-state index is 0. The summed E-state index contributed by atoms with van der Waals surface area (Å²) in [5.74, 6) is 3.94. The lowest BCUT2D eigenvalue weighted by Crippen LogP contribution is -2.23. The molecular formula is C16H29Cl3N6S3. The molecule has 0 spiro atoms. The summed E-state index contributed by atoms with van der Waals surface area (Å²) in [6.07, 6.45) is 5.57. The SMILES string of the molecule is CSC(=NCCSCc1nc[nH]c1C)NCCSCc1nc[nH]c1C.Cl.Cl.Cl. The van der Waals surface area contributed by atoms with E-state index in [-0.39, 0.29) is 37.2 Å². The molecule has 0 saturated carbocycles. The number of nitrogens with one attached hydrogen (secondary N) is 3. The largest absolute Gasteiger partial charge is 0.364 e. The minimum Gasteiger partial charge on any atom is -0.364 e. The zero-order valence-corrected chi connectivity index (χ0v) is 21.1. The summed E-state index contributed by atoms with van der Waals surface area (Å²) >= 11 is 5.43. The van der Waals surface area contributed by atoms with Crippen molar-refractivity contribution in [3.05, 3.63) is 35.4 Å². The maximum Gasteiger partial charge on any atom is 0.156 e. The molecule has 0 aromatic carbocycles. The zero-order valence-electron chi connectivity index (χ0n) is 16.2. The number of halogens is 3. The van der Waals surface area contributed by atoms with Gasteiger partial charge in [0, 0.05) is 40.9 Å². The van der Waals surface area contributed by atoms with E-state index in [0.717, 1.165) is 64.0 Å². The molecule has 0 atom stereocenters. The molecule has 12 heteroatoms. The van der Waals surface area contributed by atoms with Gasteiger partial charge in [-0.05, 0) is 20.1 Å². The van der Waals surface area contributed by atoms with Crippen LogP contribution >= 0.6 is 72.5 Å². The fourth-order valence-electron chi connectivity index (χ4n) is 2.04. The van der Waals surface area contributed by atoms with E-state index in [9.17, 15) is 0 Å². The third-order valence-electron chi connectivity index (χ3n) is 3.55. The molecule has 2 aromatic heterocycles. The Hall–Kier alpha value is -0.190. The molecule has 0 aliphatic rings. The Bertz CT molecular complexity index is 666. The van der Waals surface area contributed by atoms with Crippen LogP contribution in [0.25, 0.3) is 0 Å². The number of thioether (sulfide) groups is 3. The van der Waals surface area contributed by atoms with Gasteiger partial charge in [-0.25, -0.2) is 9.97 Å². The number of H-pyrrole nitrogens is 2. The van der Waals surface area contributed by atoms with Gasteiger partial charge < -0.3 is 15.3 Å². The molecule has 0 bridgehead atoms. The van der Waals surface area contributed by atoms with Gasteiger partial charge in [0.15, 0.2) is 5.17 Å². The predicted octanol–water partition coefficient (Wildman–Crippen LogP) is 4.49. The Labute approximate surface area is 198 Å². The number of rotatable bonds is 10. The highest BCUT2D eigenvalue weighted by Gasteiger charge is 2.02. The highest BCUT2D eigenvalue weighted by atomic mass is 35.5. The van der Waals surface area contributed by atoms with Gasteiger partial charge >= 0.3 is 0 Å². The van der Waals surface area contributed by atoms with Crippen molar-refractivity contribution in [2.24, 2.45) is 4.99 Å². The van der Waals surface area contributed by atoms with Gasteiger partial charge in [-0.3, -0.25) is 4.99 Å². The number of aliphatic imine (C=N–C) groups is 1. The highest BCUT2D eigenvalue weighted by Crippen LogP contribution is 2.13. The van der Waals surface area contributed by atoms with Crippen LogP contribution in [0.3, 0.4) is 0 Å². The van der Waals surface area contributed by atoms with Crippen LogP contribution in [0.4, 0.5) is 0 Å². The van der Waals surface area contributed by atoms with Crippen LogP contribution in [-0.2, 0) is 11.5 Å². The second kappa shape index (κ2) is 17.7. The molecule has 0 amide bonds. The van der Waals surface area contributed by atoms with Crippen molar-refractivity contribution in [1.82, 2.24) is 25.3 Å². The first-order valence-electron chi connectivity index (χ1n) is 8.16. The van der Waals surface area contributed by atoms with E-state index in [1.807, 2.05) is 23.5 Å². The summed E-state index contributed by atoms with van der Waals surface area (Å²) in [6, 6.07) is 0. The molecule has 0 fully saturated rings. The highest BCUT2D eigenvalue weighted by molar-refractivity contribution is 8.13. The Morgan fingerprint density at radius 1 is 0.964 bits per heavy atom. The Morgan fingerprint density at radius 3 is 1.96 bits per heavy atom. The summed E-state index contributed by atoms with van der Waals surface area (Å²) in [4.78, 5) is 19.5. The van der Waals surface area contributed by atoms with Crippen molar-refractivity contribution in [1.29, 1.82) is 0 Å². The molecule has 2 rings (SSSR count). The minimum absolute atomic E-state index is 0. The Morgan fingerprint density at radius 2 is 1.50 bits per heavy atom. The summed E-state index contributed by atoms with van der Waals surface area (Å²) < 4.78 is 0. The molecular weight excluding hydrogens is 479 g/mol. The summed E-state index contributed by atoms with van der Waals surface area (Å²) in [5.41, 5.74) is 4.61. The Kier molecular flexibility index (Phi) is 18.9. The van der Waals surface area contributed by atoms with Crippen molar-refractivity contribution in [3.8, 4) is 0 Å². The Balaban J connectivity index is 0. The molecule has 2 aromatic rings. The molecule has 0 saturated heterocycles. The van der Waals surface area contributed by atoms with Crippen LogP contribution in [-0.4, -0.2) is 56.0 Å². The number of hydrogen-bond donors (Lipinski definition) is 3. The van der Waals surface area contributed by atoms with Crippen LogP contribution in [0.15, 0.2) is 17.6 Å². The van der Waals surface area contributed by atoms with Gasteiger partial charge in [-0.1, -0.05) is 11.8 Å². The van der Waals surface area contributed by atoms with Crippen molar-refractivity contribution in [2.75, 3.05) is 30.9 Å². The number of amidine groups is 1. The van der Waals surface area contributed by atoms with Gasteiger partial charge in [0.2, 0.25) is 0 Å². The third kappa shape index (κ3) is 11.1. The molecule has 0 aliphatic carbocycles. The fourth-order valence-corrected chi connectivity index (χ4v) is 4.23. The van der Waals surface area contributed by atoms with Gasteiger partial charge in [0.25, 0.3) is 0 Å². The van der Waals surface area contributed by atoms with Crippen molar-refractivity contribution in [2.45, 2.75) is 25.4 Å². The number of aromatic amines is 2. The number of aryl methyl sites for hydroxylation is 2. The lowest BCUT2D eigenvalue weighted by atomic mass is 10.4. The van der Waals surface area contributed by atoms with Crippen molar-refractivity contribution >= 4 is 77.7 Å². The predicted molar refractivity (Wildman–Crippen MR) is 135 cm³/mol. The monoisotopic (exact) mass is 506 g/mol. The first-order chi connectivity index (χ1) is 12.2. The van der Waals surface area contributed by atoms with Crippen LogP contribution in [0.5, 0.6) is 0 Å². The molecule has 6 nitrogen and oxygen atoms in total. The zero-order chi connectivity index (χ0) is 17.9. The first kappa shape index (κ1) is 30.0. The van der Waals surface area contributed by atoms with E-state index in [1.165, 1.54) is 0 Å². The van der Waals surface area contributed by atoms with Gasteiger partial charge in [-0.2, -0.15) is 23.5 Å². The van der Waals surface area contributed by atoms with E-state index in [1.54, 1.807) is 24.4 Å². The maximum absolute atomic E-state index is 4.64. The van der Waals surface area contributed by atoms with E-state index >= 15 is 0 Å². The molecule has 0 radical (unpaired) electrons. The first-order valence-corrected chi connectivity index (χ1v) is 11.7. The average molecular weight is 508 g/mol. The second-order valence-electron chi connectivity index (χ2n) is 5.37. The molecule has 0 unspecified atom stereocenters. The van der Waals surface area contributed by atoms with Crippen LogP contribution in [0.1, 0.15) is 22.8 Å². The van der Waals surface area contributed by atoms with Gasteiger partial charge in [0.1, 0.15) is 0 Å². The number of hydrogen-bond acceptors (Lipinski definition) is 6. The number of imidazole rings is 2. The normalized spacial score (nSPS) is 10.6. The van der Waals surface area contributed by atoms with Crippen LogP contribution in [0.2, 0.25) is 0 Å².